The van der Waals surface area contributed by atoms with Gasteiger partial charge in [0.1, 0.15) is 11.4 Å². The number of piperidine rings is 2. The minimum absolute atomic E-state index is 0.00240. The first-order chi connectivity index (χ1) is 25.9. The topological polar surface area (TPSA) is 122 Å². The molecule has 4 aliphatic rings. The Balaban J connectivity index is 0.839. The maximum absolute atomic E-state index is 15.0. The highest BCUT2D eigenvalue weighted by Gasteiger charge is 2.36. The Bertz CT molecular complexity index is 1890. The molecule has 0 saturated carbocycles. The third-order valence-electron chi connectivity index (χ3n) is 11.7. The number of amides is 3. The van der Waals surface area contributed by atoms with Crippen LogP contribution in [0.2, 0.25) is 0 Å². The van der Waals surface area contributed by atoms with Gasteiger partial charge in [0, 0.05) is 69.6 Å². The molecule has 12 nitrogen and oxygen atoms in total. The lowest BCUT2D eigenvalue weighted by atomic mass is 9.92. The van der Waals surface area contributed by atoms with Crippen LogP contribution in [0.5, 0.6) is 0 Å². The molecule has 4 saturated heterocycles. The molecule has 54 heavy (non-hydrogen) atoms. The largest absolute Gasteiger partial charge is 0.444 e. The number of nitrogens with one attached hydrogen (secondary N) is 1. The zero-order chi connectivity index (χ0) is 38.0. The number of benzene rings is 2. The summed E-state index contributed by atoms with van der Waals surface area (Å²) in [6.07, 6.45) is 5.09. The molecule has 5 heterocycles. The van der Waals surface area contributed by atoms with E-state index < -0.39 is 11.4 Å². The van der Waals surface area contributed by atoms with E-state index in [1.807, 2.05) is 42.7 Å². The predicted octanol–water partition coefficient (Wildman–Crippen LogP) is 4.37. The lowest BCUT2D eigenvalue weighted by Crippen LogP contribution is -2.54. The second-order valence-corrected chi connectivity index (χ2v) is 16.6. The summed E-state index contributed by atoms with van der Waals surface area (Å²) in [6, 6.07) is 12.3. The van der Waals surface area contributed by atoms with Crippen LogP contribution in [-0.2, 0) is 16.0 Å². The van der Waals surface area contributed by atoms with Crippen LogP contribution in [0.4, 0.5) is 9.18 Å². The van der Waals surface area contributed by atoms with Crippen molar-refractivity contribution in [1.82, 2.24) is 34.7 Å². The Morgan fingerprint density at radius 2 is 1.52 bits per heavy atom. The summed E-state index contributed by atoms with van der Waals surface area (Å²) in [5.41, 5.74) is 0.615. The van der Waals surface area contributed by atoms with E-state index in [1.165, 1.54) is 6.07 Å². The number of H-pyrrole nitrogens is 1. The van der Waals surface area contributed by atoms with Crippen LogP contribution < -0.4 is 5.56 Å². The van der Waals surface area contributed by atoms with Crippen molar-refractivity contribution in [2.45, 2.75) is 70.9 Å². The van der Waals surface area contributed by atoms with Gasteiger partial charge in [-0.05, 0) is 109 Å². The zero-order valence-electron chi connectivity index (χ0n) is 31.9. The van der Waals surface area contributed by atoms with Gasteiger partial charge in [0.15, 0.2) is 0 Å². The number of hydrogen-bond acceptors (Lipinski definition) is 8. The van der Waals surface area contributed by atoms with E-state index in [1.54, 1.807) is 29.2 Å². The predicted molar refractivity (Wildman–Crippen MR) is 204 cm³/mol. The van der Waals surface area contributed by atoms with Gasteiger partial charge in [0.2, 0.25) is 5.91 Å². The molecule has 2 aromatic carbocycles. The number of carbonyl (C=O) groups excluding carboxylic acids is 3. The van der Waals surface area contributed by atoms with Crippen LogP contribution >= 0.6 is 0 Å². The molecule has 1 N–H and O–H groups in total. The number of rotatable bonds is 7. The highest BCUT2D eigenvalue weighted by molar-refractivity contribution is 5.95. The molecule has 1 atom stereocenters. The summed E-state index contributed by atoms with van der Waals surface area (Å²) < 4.78 is 20.6. The van der Waals surface area contributed by atoms with Crippen molar-refractivity contribution in [2.24, 2.45) is 11.8 Å². The van der Waals surface area contributed by atoms with E-state index in [4.69, 9.17) is 4.74 Å². The Morgan fingerprint density at radius 1 is 0.833 bits per heavy atom. The van der Waals surface area contributed by atoms with Crippen LogP contribution in [0.3, 0.4) is 0 Å². The summed E-state index contributed by atoms with van der Waals surface area (Å²) in [6.45, 7) is 13.8. The van der Waals surface area contributed by atoms with Gasteiger partial charge in [0.25, 0.3) is 11.5 Å². The average Bonchev–Trinajstić information content (AvgIpc) is 3.65. The van der Waals surface area contributed by atoms with Gasteiger partial charge in [-0.2, -0.15) is 5.10 Å². The molecule has 0 unspecified atom stereocenters. The summed E-state index contributed by atoms with van der Waals surface area (Å²) in [4.78, 5) is 62.3. The third kappa shape index (κ3) is 8.78. The van der Waals surface area contributed by atoms with Gasteiger partial charge in [-0.3, -0.25) is 14.4 Å². The molecule has 0 radical (unpaired) electrons. The minimum atomic E-state index is -0.584. The molecule has 1 aromatic heterocycles. The molecule has 290 valence electrons. The minimum Gasteiger partial charge on any atom is -0.444 e. The molecule has 7 rings (SSSR count). The van der Waals surface area contributed by atoms with Crippen LogP contribution in [0.15, 0.2) is 47.3 Å². The van der Waals surface area contributed by atoms with E-state index >= 15 is 4.39 Å². The van der Waals surface area contributed by atoms with E-state index in [-0.39, 0.29) is 34.9 Å². The van der Waals surface area contributed by atoms with Crippen molar-refractivity contribution < 1.29 is 23.5 Å². The number of hydrogen-bond donors (Lipinski definition) is 1. The Hall–Kier alpha value is -4.36. The number of fused-ring (bicyclic) bond motifs is 1. The smallest absolute Gasteiger partial charge is 0.410 e. The number of piperazine rings is 1. The van der Waals surface area contributed by atoms with Crippen molar-refractivity contribution in [3.8, 4) is 0 Å². The molecular formula is C41H54FN7O5. The second-order valence-electron chi connectivity index (χ2n) is 16.6. The van der Waals surface area contributed by atoms with Gasteiger partial charge in [-0.1, -0.05) is 24.3 Å². The van der Waals surface area contributed by atoms with Crippen LogP contribution in [0.25, 0.3) is 10.8 Å². The molecule has 4 fully saturated rings. The van der Waals surface area contributed by atoms with Gasteiger partial charge in [-0.25, -0.2) is 14.3 Å². The van der Waals surface area contributed by atoms with Crippen molar-refractivity contribution in [2.75, 3.05) is 72.0 Å². The number of likely N-dealkylation sites (tertiary alicyclic amines) is 3. The van der Waals surface area contributed by atoms with Crippen molar-refractivity contribution in [3.63, 3.8) is 0 Å². The van der Waals surface area contributed by atoms with E-state index in [9.17, 15) is 19.2 Å². The van der Waals surface area contributed by atoms with Crippen molar-refractivity contribution in [3.05, 3.63) is 75.5 Å². The van der Waals surface area contributed by atoms with Gasteiger partial charge >= 0.3 is 6.09 Å². The third-order valence-corrected chi connectivity index (χ3v) is 11.7. The molecule has 13 heteroatoms. The molecule has 0 spiro atoms. The standard InChI is InChI=1S/C41H54FN7O5/c1-41(2,3)54-40(53)49-17-10-29(27-49)26-45-15-13-31(14-16-45)46-18-11-30(12-19-46)38(51)47-20-22-48(23-21-47)39(52)34-24-28(8-9-35(34)42)25-36-32-6-4-5-7-33(32)37(50)44-43-36/h4-9,24,29-31H,10-23,25-27H2,1-3H3,(H,44,50)/t29-/m1/s1. The summed E-state index contributed by atoms with van der Waals surface area (Å²) in [7, 11) is 0. The van der Waals surface area contributed by atoms with Crippen LogP contribution in [0, 0.1) is 17.7 Å². The highest BCUT2D eigenvalue weighted by atomic mass is 19.1. The van der Waals surface area contributed by atoms with Crippen molar-refractivity contribution >= 4 is 28.7 Å². The molecule has 0 bridgehead atoms. The maximum Gasteiger partial charge on any atom is 0.410 e. The first-order valence-electron chi connectivity index (χ1n) is 19.7. The average molecular weight is 744 g/mol. The normalized spacial score (nSPS) is 21.2. The molecule has 3 amide bonds. The lowest BCUT2D eigenvalue weighted by molar-refractivity contribution is -0.138. The van der Waals surface area contributed by atoms with Crippen molar-refractivity contribution in [1.29, 1.82) is 0 Å². The number of halogens is 1. The summed E-state index contributed by atoms with van der Waals surface area (Å²) in [5.74, 6) is -0.319. The lowest BCUT2D eigenvalue weighted by Gasteiger charge is -2.43. The summed E-state index contributed by atoms with van der Waals surface area (Å²) >= 11 is 0. The maximum atomic E-state index is 15.0. The Morgan fingerprint density at radius 3 is 2.22 bits per heavy atom. The van der Waals surface area contributed by atoms with Gasteiger partial charge < -0.3 is 29.2 Å². The molecule has 0 aliphatic carbocycles. The first kappa shape index (κ1) is 37.9. The van der Waals surface area contributed by atoms with Gasteiger partial charge in [-0.15, -0.1) is 0 Å². The van der Waals surface area contributed by atoms with Crippen LogP contribution in [-0.4, -0.2) is 136 Å². The van der Waals surface area contributed by atoms with E-state index in [2.05, 4.69) is 20.0 Å². The number of aromatic amines is 1. The first-order valence-corrected chi connectivity index (χ1v) is 19.7. The zero-order valence-corrected chi connectivity index (χ0v) is 31.9. The fourth-order valence-electron chi connectivity index (χ4n) is 8.72. The Labute approximate surface area is 316 Å². The fourth-order valence-corrected chi connectivity index (χ4v) is 8.72. The molecular weight excluding hydrogens is 689 g/mol. The number of ether oxygens (including phenoxy) is 1. The highest BCUT2D eigenvalue weighted by Crippen LogP contribution is 2.28. The van der Waals surface area contributed by atoms with Crippen LogP contribution in [0.1, 0.15) is 74.5 Å². The number of aromatic nitrogens is 2. The quantitative estimate of drug-likeness (QED) is 0.379. The SMILES string of the molecule is CC(C)(C)OC(=O)N1CC[C@H](CN2CCC(N3CCC(C(=O)N4CCN(C(=O)c5cc(Cc6n[nH]c(=O)c7ccccc67)ccc5F)CC4)CC3)CC2)C1. The molecule has 3 aromatic rings. The number of carbonyl (C=O) groups is 3. The summed E-state index contributed by atoms with van der Waals surface area (Å²) in [5, 5.41) is 8.01. The number of nitrogens with zero attached hydrogens (tertiary/aromatic N) is 6. The fraction of sp³-hybridized carbons (Fsp3) is 0.585. The Kier molecular flexibility index (Phi) is 11.4. The second kappa shape index (κ2) is 16.2. The van der Waals surface area contributed by atoms with Gasteiger partial charge in [0.05, 0.1) is 16.6 Å². The monoisotopic (exact) mass is 743 g/mol. The van der Waals surface area contributed by atoms with E-state index in [0.29, 0.717) is 61.2 Å². The molecule has 4 aliphatic heterocycles. The van der Waals surface area contributed by atoms with E-state index in [0.717, 1.165) is 83.3 Å².